The number of benzene rings is 2. The molecule has 0 radical (unpaired) electrons. The second kappa shape index (κ2) is 6.72. The van der Waals surface area contributed by atoms with Gasteiger partial charge >= 0.3 is 5.97 Å². The smallest absolute Gasteiger partial charge is 0.328 e. The highest BCUT2D eigenvalue weighted by Crippen LogP contribution is 2.16. The van der Waals surface area contributed by atoms with Gasteiger partial charge in [-0.2, -0.15) is 0 Å². The average Bonchev–Trinajstić information content (AvgIpc) is 2.53. The van der Waals surface area contributed by atoms with Crippen LogP contribution in [0.25, 0.3) is 6.08 Å². The van der Waals surface area contributed by atoms with Gasteiger partial charge in [-0.05, 0) is 35.9 Å². The van der Waals surface area contributed by atoms with E-state index >= 15 is 0 Å². The number of hydrogen-bond donors (Lipinski definition) is 1. The summed E-state index contributed by atoms with van der Waals surface area (Å²) in [6, 6.07) is 14.2. The maximum Gasteiger partial charge on any atom is 0.328 e. The Morgan fingerprint density at radius 2 is 1.41 bits per heavy atom. The van der Waals surface area contributed by atoms with Crippen molar-refractivity contribution in [3.8, 4) is 0 Å². The normalized spacial score (nSPS) is 10.6. The largest absolute Gasteiger partial charge is 0.478 e. The van der Waals surface area contributed by atoms with Gasteiger partial charge in [-0.3, -0.25) is 4.79 Å². The molecule has 1 N–H and O–H groups in total. The highest BCUT2D eigenvalue weighted by molar-refractivity contribution is 6.09. The van der Waals surface area contributed by atoms with Crippen LogP contribution >= 0.6 is 0 Å². The van der Waals surface area contributed by atoms with Gasteiger partial charge in [0, 0.05) is 37.0 Å². The van der Waals surface area contributed by atoms with Crippen LogP contribution in [0, 0.1) is 0 Å². The molecule has 0 aliphatic heterocycles. The number of carboxylic acid groups (broad SMARTS) is 1. The van der Waals surface area contributed by atoms with Crippen molar-refractivity contribution in [2.24, 2.45) is 0 Å². The van der Waals surface area contributed by atoms with Gasteiger partial charge < -0.3 is 10.0 Å². The first-order valence-corrected chi connectivity index (χ1v) is 6.80. The maximum absolute atomic E-state index is 12.4. The Balaban J connectivity index is 2.17. The molecular formula is C18H17NO3. The molecule has 0 saturated carbocycles. The van der Waals surface area contributed by atoms with E-state index in [2.05, 4.69) is 0 Å². The molecule has 0 aliphatic carbocycles. The fourth-order valence-electron chi connectivity index (χ4n) is 1.99. The number of nitrogens with zero attached hydrogens (tertiary/aromatic N) is 1. The molecule has 22 heavy (non-hydrogen) atoms. The fraction of sp³-hybridized carbons (Fsp3) is 0.111. The summed E-state index contributed by atoms with van der Waals surface area (Å²) in [6.07, 6.45) is 2.55. The fourth-order valence-corrected chi connectivity index (χ4v) is 1.99. The molecule has 0 amide bonds. The molecular weight excluding hydrogens is 278 g/mol. The Labute approximate surface area is 129 Å². The summed E-state index contributed by atoms with van der Waals surface area (Å²) in [7, 11) is 3.89. The first kappa shape index (κ1) is 15.5. The van der Waals surface area contributed by atoms with E-state index in [1.807, 2.05) is 31.1 Å². The Morgan fingerprint density at radius 1 is 0.909 bits per heavy atom. The number of carboxylic acids is 1. The van der Waals surface area contributed by atoms with Crippen LogP contribution in [-0.2, 0) is 4.79 Å². The van der Waals surface area contributed by atoms with Crippen molar-refractivity contribution in [1.82, 2.24) is 0 Å². The maximum atomic E-state index is 12.4. The van der Waals surface area contributed by atoms with Crippen molar-refractivity contribution in [3.63, 3.8) is 0 Å². The monoisotopic (exact) mass is 295 g/mol. The average molecular weight is 295 g/mol. The van der Waals surface area contributed by atoms with Gasteiger partial charge in [-0.25, -0.2) is 4.79 Å². The number of carbonyl (C=O) groups is 2. The van der Waals surface area contributed by atoms with Gasteiger partial charge in [0.15, 0.2) is 5.78 Å². The molecule has 0 atom stereocenters. The Bertz CT molecular complexity index is 698. The van der Waals surface area contributed by atoms with Crippen molar-refractivity contribution >= 4 is 23.5 Å². The molecule has 0 bridgehead atoms. The molecule has 0 aliphatic rings. The molecule has 0 fully saturated rings. The number of carbonyl (C=O) groups excluding carboxylic acids is 1. The molecule has 2 rings (SSSR count). The highest BCUT2D eigenvalue weighted by atomic mass is 16.4. The minimum Gasteiger partial charge on any atom is -0.478 e. The van der Waals surface area contributed by atoms with Crippen molar-refractivity contribution in [2.75, 3.05) is 19.0 Å². The van der Waals surface area contributed by atoms with E-state index < -0.39 is 5.97 Å². The van der Waals surface area contributed by atoms with Gasteiger partial charge in [-0.15, -0.1) is 0 Å². The van der Waals surface area contributed by atoms with Crippen molar-refractivity contribution in [3.05, 3.63) is 71.3 Å². The Hall–Kier alpha value is -2.88. The third kappa shape index (κ3) is 3.82. The van der Waals surface area contributed by atoms with Gasteiger partial charge in [0.05, 0.1) is 0 Å². The quantitative estimate of drug-likeness (QED) is 0.680. The van der Waals surface area contributed by atoms with Crippen LogP contribution in [0.3, 0.4) is 0 Å². The van der Waals surface area contributed by atoms with Crippen LogP contribution in [0.1, 0.15) is 21.5 Å². The summed E-state index contributed by atoms with van der Waals surface area (Å²) >= 11 is 0. The summed E-state index contributed by atoms with van der Waals surface area (Å²) in [6.45, 7) is 0. The van der Waals surface area contributed by atoms with E-state index in [4.69, 9.17) is 5.11 Å². The lowest BCUT2D eigenvalue weighted by Gasteiger charge is -2.12. The number of rotatable bonds is 5. The van der Waals surface area contributed by atoms with Crippen LogP contribution in [0.15, 0.2) is 54.6 Å². The number of anilines is 1. The van der Waals surface area contributed by atoms with Gasteiger partial charge in [0.2, 0.25) is 0 Å². The van der Waals surface area contributed by atoms with Gasteiger partial charge in [0.25, 0.3) is 0 Å². The molecule has 0 saturated heterocycles. The van der Waals surface area contributed by atoms with Crippen LogP contribution in [-0.4, -0.2) is 31.0 Å². The zero-order valence-electron chi connectivity index (χ0n) is 12.5. The SMILES string of the molecule is CN(C)c1ccc(C(=O)c2ccc(/C=C/C(=O)O)cc2)cc1. The van der Waals surface area contributed by atoms with E-state index in [0.29, 0.717) is 11.1 Å². The summed E-state index contributed by atoms with van der Waals surface area (Å²) in [5.41, 5.74) is 2.97. The summed E-state index contributed by atoms with van der Waals surface area (Å²) < 4.78 is 0. The predicted octanol–water partition coefficient (Wildman–Crippen LogP) is 3.08. The van der Waals surface area contributed by atoms with E-state index in [9.17, 15) is 9.59 Å². The molecule has 2 aromatic rings. The standard InChI is InChI=1S/C18H17NO3/c1-19(2)16-10-8-15(9-11-16)18(22)14-6-3-13(4-7-14)5-12-17(20)21/h3-12H,1-2H3,(H,20,21)/b12-5+. The highest BCUT2D eigenvalue weighted by Gasteiger charge is 2.09. The van der Waals surface area contributed by atoms with Gasteiger partial charge in [-0.1, -0.05) is 24.3 Å². The lowest BCUT2D eigenvalue weighted by Crippen LogP contribution is -2.09. The second-order valence-corrected chi connectivity index (χ2v) is 5.06. The zero-order chi connectivity index (χ0) is 16.1. The summed E-state index contributed by atoms with van der Waals surface area (Å²) in [4.78, 5) is 24.8. The van der Waals surface area contributed by atoms with Crippen LogP contribution in [0.4, 0.5) is 5.69 Å². The molecule has 0 heterocycles. The molecule has 112 valence electrons. The van der Waals surface area contributed by atoms with Crippen molar-refractivity contribution < 1.29 is 14.7 Å². The van der Waals surface area contributed by atoms with E-state index in [0.717, 1.165) is 17.3 Å². The van der Waals surface area contributed by atoms with E-state index in [1.54, 1.807) is 36.4 Å². The zero-order valence-corrected chi connectivity index (χ0v) is 12.5. The molecule has 2 aromatic carbocycles. The topological polar surface area (TPSA) is 57.6 Å². The molecule has 0 unspecified atom stereocenters. The van der Waals surface area contributed by atoms with E-state index in [-0.39, 0.29) is 5.78 Å². The Kier molecular flexibility index (Phi) is 4.73. The summed E-state index contributed by atoms with van der Waals surface area (Å²) in [5, 5.41) is 8.58. The Morgan fingerprint density at radius 3 is 1.86 bits per heavy atom. The molecule has 4 nitrogen and oxygen atoms in total. The molecule has 0 spiro atoms. The van der Waals surface area contributed by atoms with Crippen molar-refractivity contribution in [1.29, 1.82) is 0 Å². The summed E-state index contributed by atoms with van der Waals surface area (Å²) in [5.74, 6) is -1.06. The first-order chi connectivity index (χ1) is 10.5. The van der Waals surface area contributed by atoms with Crippen molar-refractivity contribution in [2.45, 2.75) is 0 Å². The lowest BCUT2D eigenvalue weighted by molar-refractivity contribution is -0.131. The van der Waals surface area contributed by atoms with Crippen LogP contribution < -0.4 is 4.90 Å². The third-order valence-corrected chi connectivity index (χ3v) is 3.24. The lowest BCUT2D eigenvalue weighted by atomic mass is 10.0. The number of hydrogen-bond acceptors (Lipinski definition) is 3. The molecule has 0 aromatic heterocycles. The first-order valence-electron chi connectivity index (χ1n) is 6.80. The third-order valence-electron chi connectivity index (χ3n) is 3.24. The number of ketones is 1. The minimum absolute atomic E-state index is 0.0564. The minimum atomic E-state index is -0.999. The number of aliphatic carboxylic acids is 1. The molecule has 4 heteroatoms. The van der Waals surface area contributed by atoms with Gasteiger partial charge in [0.1, 0.15) is 0 Å². The van der Waals surface area contributed by atoms with E-state index in [1.165, 1.54) is 6.08 Å². The second-order valence-electron chi connectivity index (χ2n) is 5.06. The van der Waals surface area contributed by atoms with Crippen LogP contribution in [0.2, 0.25) is 0 Å². The van der Waals surface area contributed by atoms with Crippen LogP contribution in [0.5, 0.6) is 0 Å². The predicted molar refractivity (Wildman–Crippen MR) is 87.3 cm³/mol.